The van der Waals surface area contributed by atoms with E-state index >= 15 is 0 Å². The summed E-state index contributed by atoms with van der Waals surface area (Å²) in [5.41, 5.74) is 3.62. The van der Waals surface area contributed by atoms with Gasteiger partial charge < -0.3 is 5.32 Å². The van der Waals surface area contributed by atoms with Gasteiger partial charge in [-0.15, -0.1) is 0 Å². The highest BCUT2D eigenvalue weighted by atomic mass is 16.1. The summed E-state index contributed by atoms with van der Waals surface area (Å²) in [7, 11) is 1.81. The van der Waals surface area contributed by atoms with Gasteiger partial charge in [-0.1, -0.05) is 18.2 Å². The Bertz CT molecular complexity index is 358. The summed E-state index contributed by atoms with van der Waals surface area (Å²) in [6.07, 6.45) is 0.517. The Hall–Kier alpha value is -1.15. The molecule has 1 unspecified atom stereocenters. The van der Waals surface area contributed by atoms with Crippen molar-refractivity contribution in [2.24, 2.45) is 0 Å². The molecule has 15 heavy (non-hydrogen) atoms. The zero-order chi connectivity index (χ0) is 11.4. The number of ketones is 1. The van der Waals surface area contributed by atoms with Crippen LogP contribution in [0.25, 0.3) is 0 Å². The molecule has 0 amide bonds. The molecule has 0 aliphatic carbocycles. The molecule has 0 spiro atoms. The number of Topliss-reactive ketones (excluding diaryl/α,β-unsaturated/α-hetero) is 1. The van der Waals surface area contributed by atoms with Crippen LogP contribution in [0.3, 0.4) is 0 Å². The lowest BCUT2D eigenvalue weighted by Crippen LogP contribution is -2.31. The summed E-state index contributed by atoms with van der Waals surface area (Å²) < 4.78 is 0. The van der Waals surface area contributed by atoms with Crippen LogP contribution in [0.5, 0.6) is 0 Å². The van der Waals surface area contributed by atoms with Gasteiger partial charge in [-0.25, -0.2) is 0 Å². The second-order valence-corrected chi connectivity index (χ2v) is 4.07. The third-order valence-corrected chi connectivity index (χ3v) is 2.87. The van der Waals surface area contributed by atoms with Crippen molar-refractivity contribution >= 4 is 5.78 Å². The van der Waals surface area contributed by atoms with Gasteiger partial charge in [0.25, 0.3) is 0 Å². The summed E-state index contributed by atoms with van der Waals surface area (Å²) >= 11 is 0. The number of carbonyl (C=O) groups is 1. The van der Waals surface area contributed by atoms with Gasteiger partial charge in [-0.05, 0) is 44.5 Å². The van der Waals surface area contributed by atoms with Gasteiger partial charge in [0.1, 0.15) is 0 Å². The van der Waals surface area contributed by atoms with Gasteiger partial charge in [0, 0.05) is 6.42 Å². The van der Waals surface area contributed by atoms with Crippen LogP contribution in [0.15, 0.2) is 18.2 Å². The fourth-order valence-electron chi connectivity index (χ4n) is 1.43. The minimum Gasteiger partial charge on any atom is -0.311 e. The first-order valence-electron chi connectivity index (χ1n) is 5.30. The van der Waals surface area contributed by atoms with Crippen LogP contribution in [-0.2, 0) is 11.2 Å². The normalized spacial score (nSPS) is 12.5. The highest BCUT2D eigenvalue weighted by molar-refractivity contribution is 5.85. The van der Waals surface area contributed by atoms with Gasteiger partial charge in [0.2, 0.25) is 0 Å². The van der Waals surface area contributed by atoms with Crippen molar-refractivity contribution in [1.29, 1.82) is 0 Å². The molecule has 0 aromatic heterocycles. The van der Waals surface area contributed by atoms with Gasteiger partial charge in [0.15, 0.2) is 5.78 Å². The van der Waals surface area contributed by atoms with E-state index in [0.29, 0.717) is 6.42 Å². The number of nitrogens with one attached hydrogen (secondary N) is 1. The highest BCUT2D eigenvalue weighted by Crippen LogP contribution is 2.11. The fourth-order valence-corrected chi connectivity index (χ4v) is 1.43. The third kappa shape index (κ3) is 3.17. The van der Waals surface area contributed by atoms with Gasteiger partial charge >= 0.3 is 0 Å². The monoisotopic (exact) mass is 205 g/mol. The van der Waals surface area contributed by atoms with Gasteiger partial charge in [-0.3, -0.25) is 4.79 Å². The summed E-state index contributed by atoms with van der Waals surface area (Å²) in [6, 6.07) is 6.13. The molecule has 2 nitrogen and oxygen atoms in total. The van der Waals surface area contributed by atoms with E-state index in [9.17, 15) is 4.79 Å². The summed E-state index contributed by atoms with van der Waals surface area (Å²) in [4.78, 5) is 11.7. The lowest BCUT2D eigenvalue weighted by molar-refractivity contribution is -0.119. The lowest BCUT2D eigenvalue weighted by Gasteiger charge is -2.09. The van der Waals surface area contributed by atoms with E-state index in [0.717, 1.165) is 5.56 Å². The average Bonchev–Trinajstić information content (AvgIpc) is 2.22. The van der Waals surface area contributed by atoms with Crippen LogP contribution in [0.1, 0.15) is 23.6 Å². The first-order valence-corrected chi connectivity index (χ1v) is 5.30. The fraction of sp³-hybridized carbons (Fsp3) is 0.462. The van der Waals surface area contributed by atoms with E-state index in [1.54, 1.807) is 0 Å². The van der Waals surface area contributed by atoms with Crippen LogP contribution >= 0.6 is 0 Å². The molecule has 82 valence electrons. The van der Waals surface area contributed by atoms with Crippen LogP contribution in [0.2, 0.25) is 0 Å². The van der Waals surface area contributed by atoms with Crippen molar-refractivity contribution in [1.82, 2.24) is 5.32 Å². The van der Waals surface area contributed by atoms with E-state index in [4.69, 9.17) is 0 Å². The lowest BCUT2D eigenvalue weighted by atomic mass is 10.0. The van der Waals surface area contributed by atoms with Crippen LogP contribution in [0, 0.1) is 13.8 Å². The molecule has 2 heteroatoms. The molecule has 0 saturated heterocycles. The summed E-state index contributed by atoms with van der Waals surface area (Å²) in [5.74, 6) is 0.237. The first kappa shape index (κ1) is 11.9. The minimum atomic E-state index is -0.0633. The minimum absolute atomic E-state index is 0.0633. The molecule has 0 aliphatic rings. The Balaban J connectivity index is 2.73. The molecule has 1 aromatic carbocycles. The van der Waals surface area contributed by atoms with Crippen molar-refractivity contribution in [3.63, 3.8) is 0 Å². The molecule has 0 saturated carbocycles. The Morgan fingerprint density at radius 2 is 2.00 bits per heavy atom. The van der Waals surface area contributed by atoms with E-state index in [-0.39, 0.29) is 11.8 Å². The molecule has 0 bridgehead atoms. The Kier molecular flexibility index (Phi) is 4.04. The molecule has 0 aliphatic heterocycles. The van der Waals surface area contributed by atoms with E-state index < -0.39 is 0 Å². The molecule has 1 atom stereocenters. The first-order chi connectivity index (χ1) is 7.04. The predicted molar refractivity (Wildman–Crippen MR) is 63.1 cm³/mol. The third-order valence-electron chi connectivity index (χ3n) is 2.87. The predicted octanol–water partition coefficient (Wildman–Crippen LogP) is 2.02. The number of hydrogen-bond donors (Lipinski definition) is 1. The topological polar surface area (TPSA) is 29.1 Å². The van der Waals surface area contributed by atoms with E-state index in [1.807, 2.05) is 20.0 Å². The zero-order valence-corrected chi connectivity index (χ0v) is 9.92. The molecule has 0 fully saturated rings. The number of carbonyl (C=O) groups excluding carboxylic acids is 1. The second-order valence-electron chi connectivity index (χ2n) is 4.07. The Labute approximate surface area is 91.7 Å². The Morgan fingerprint density at radius 1 is 1.33 bits per heavy atom. The summed E-state index contributed by atoms with van der Waals surface area (Å²) in [6.45, 7) is 6.05. The van der Waals surface area contributed by atoms with E-state index in [1.165, 1.54) is 11.1 Å². The number of benzene rings is 1. The summed E-state index contributed by atoms with van der Waals surface area (Å²) in [5, 5.41) is 2.96. The number of likely N-dealkylation sites (N-methyl/N-ethyl adjacent to an activating group) is 1. The van der Waals surface area contributed by atoms with Crippen molar-refractivity contribution in [2.75, 3.05) is 7.05 Å². The Morgan fingerprint density at radius 3 is 2.53 bits per heavy atom. The van der Waals surface area contributed by atoms with Crippen LogP contribution in [-0.4, -0.2) is 18.9 Å². The van der Waals surface area contributed by atoms with Crippen LogP contribution < -0.4 is 5.32 Å². The maximum absolute atomic E-state index is 11.7. The smallest absolute Gasteiger partial charge is 0.153 e. The molecular formula is C13H19NO. The van der Waals surface area contributed by atoms with Gasteiger partial charge in [-0.2, -0.15) is 0 Å². The highest BCUT2D eigenvalue weighted by Gasteiger charge is 2.10. The molecule has 0 radical (unpaired) electrons. The number of aryl methyl sites for hydroxylation is 2. The molecular weight excluding hydrogens is 186 g/mol. The quantitative estimate of drug-likeness (QED) is 0.814. The largest absolute Gasteiger partial charge is 0.311 e. The van der Waals surface area contributed by atoms with Crippen LogP contribution in [0.4, 0.5) is 0 Å². The van der Waals surface area contributed by atoms with Crippen molar-refractivity contribution < 1.29 is 4.79 Å². The standard InChI is InChI=1S/C13H19NO/c1-9-5-6-12(7-10(9)2)8-13(15)11(3)14-4/h5-7,11,14H,8H2,1-4H3. The molecule has 0 heterocycles. The maximum Gasteiger partial charge on any atom is 0.153 e. The SMILES string of the molecule is CNC(C)C(=O)Cc1ccc(C)c(C)c1. The van der Waals surface area contributed by atoms with Crippen molar-refractivity contribution in [3.05, 3.63) is 34.9 Å². The molecule has 1 rings (SSSR count). The van der Waals surface area contributed by atoms with Gasteiger partial charge in [0.05, 0.1) is 6.04 Å². The second kappa shape index (κ2) is 5.08. The zero-order valence-electron chi connectivity index (χ0n) is 9.92. The average molecular weight is 205 g/mol. The molecule has 1 aromatic rings. The number of rotatable bonds is 4. The molecule has 1 N–H and O–H groups in total. The maximum atomic E-state index is 11.7. The van der Waals surface area contributed by atoms with E-state index in [2.05, 4.69) is 31.3 Å². The van der Waals surface area contributed by atoms with Crippen molar-refractivity contribution in [3.8, 4) is 0 Å². The van der Waals surface area contributed by atoms with Crippen molar-refractivity contribution in [2.45, 2.75) is 33.2 Å². The number of hydrogen-bond acceptors (Lipinski definition) is 2.